The van der Waals surface area contributed by atoms with Gasteiger partial charge in [-0.1, -0.05) is 12.8 Å². The SMILES string of the molecule is Cc1cc(Br)cnc1N1CCCC2CCCCC21. The number of aryl methyl sites for hydroxylation is 1. The minimum Gasteiger partial charge on any atom is -0.353 e. The Kier molecular flexibility index (Phi) is 3.60. The maximum atomic E-state index is 4.67. The first-order valence-electron chi connectivity index (χ1n) is 7.14. The fourth-order valence-electron chi connectivity index (χ4n) is 3.72. The summed E-state index contributed by atoms with van der Waals surface area (Å²) in [6, 6.07) is 2.94. The summed E-state index contributed by atoms with van der Waals surface area (Å²) >= 11 is 3.51. The highest BCUT2D eigenvalue weighted by Gasteiger charge is 2.34. The molecule has 2 nitrogen and oxygen atoms in total. The molecular formula is C15H21BrN2. The molecule has 3 rings (SSSR count). The van der Waals surface area contributed by atoms with Gasteiger partial charge >= 0.3 is 0 Å². The average molecular weight is 309 g/mol. The third-order valence-corrected chi connectivity index (χ3v) is 4.97. The van der Waals surface area contributed by atoms with Gasteiger partial charge in [0.15, 0.2) is 0 Å². The number of halogens is 1. The number of anilines is 1. The smallest absolute Gasteiger partial charge is 0.131 e. The summed E-state index contributed by atoms with van der Waals surface area (Å²) in [5.41, 5.74) is 1.30. The van der Waals surface area contributed by atoms with Crippen molar-refractivity contribution in [3.63, 3.8) is 0 Å². The van der Waals surface area contributed by atoms with Gasteiger partial charge in [-0.25, -0.2) is 4.98 Å². The van der Waals surface area contributed by atoms with Crippen LogP contribution in [0.25, 0.3) is 0 Å². The Morgan fingerprint density at radius 3 is 2.83 bits per heavy atom. The van der Waals surface area contributed by atoms with Crippen molar-refractivity contribution in [1.29, 1.82) is 0 Å². The van der Waals surface area contributed by atoms with Gasteiger partial charge in [0.05, 0.1) is 0 Å². The molecule has 0 N–H and O–H groups in total. The van der Waals surface area contributed by atoms with Crippen LogP contribution < -0.4 is 4.90 Å². The zero-order valence-electron chi connectivity index (χ0n) is 11.0. The molecule has 1 saturated heterocycles. The Morgan fingerprint density at radius 1 is 1.22 bits per heavy atom. The first-order chi connectivity index (χ1) is 8.75. The van der Waals surface area contributed by atoms with Crippen LogP contribution in [0.15, 0.2) is 16.7 Å². The Morgan fingerprint density at radius 2 is 2.00 bits per heavy atom. The third-order valence-electron chi connectivity index (χ3n) is 4.53. The highest BCUT2D eigenvalue weighted by atomic mass is 79.9. The van der Waals surface area contributed by atoms with Gasteiger partial charge in [-0.05, 0) is 66.1 Å². The van der Waals surface area contributed by atoms with Gasteiger partial charge in [-0.3, -0.25) is 0 Å². The summed E-state index contributed by atoms with van der Waals surface area (Å²) < 4.78 is 1.08. The van der Waals surface area contributed by atoms with Gasteiger partial charge in [0, 0.05) is 23.3 Å². The minimum absolute atomic E-state index is 0.750. The van der Waals surface area contributed by atoms with E-state index in [1.807, 2.05) is 6.20 Å². The number of hydrogen-bond donors (Lipinski definition) is 0. The van der Waals surface area contributed by atoms with Gasteiger partial charge in [0.25, 0.3) is 0 Å². The molecule has 2 atom stereocenters. The maximum Gasteiger partial charge on any atom is 0.131 e. The van der Waals surface area contributed by atoms with E-state index >= 15 is 0 Å². The summed E-state index contributed by atoms with van der Waals surface area (Å²) in [5.74, 6) is 2.13. The first kappa shape index (κ1) is 12.5. The molecule has 0 bridgehead atoms. The molecule has 1 saturated carbocycles. The topological polar surface area (TPSA) is 16.1 Å². The molecule has 0 aromatic carbocycles. The number of piperidine rings is 1. The second-order valence-electron chi connectivity index (χ2n) is 5.74. The monoisotopic (exact) mass is 308 g/mol. The molecule has 2 fully saturated rings. The Bertz CT molecular complexity index is 431. The van der Waals surface area contributed by atoms with Crippen LogP contribution in [0, 0.1) is 12.8 Å². The summed E-state index contributed by atoms with van der Waals surface area (Å²) in [6.07, 6.45) is 10.3. The molecule has 1 aromatic rings. The van der Waals surface area contributed by atoms with E-state index in [1.165, 1.54) is 56.5 Å². The van der Waals surface area contributed by atoms with E-state index in [2.05, 4.69) is 38.8 Å². The number of pyridine rings is 1. The molecule has 3 heteroatoms. The number of aromatic nitrogens is 1. The number of nitrogens with zero attached hydrogens (tertiary/aromatic N) is 2. The Balaban J connectivity index is 1.89. The van der Waals surface area contributed by atoms with Crippen molar-refractivity contribution in [2.45, 2.75) is 51.5 Å². The molecule has 2 heterocycles. The molecule has 1 aliphatic carbocycles. The van der Waals surface area contributed by atoms with Gasteiger partial charge in [-0.15, -0.1) is 0 Å². The van der Waals surface area contributed by atoms with E-state index in [0.29, 0.717) is 0 Å². The van der Waals surface area contributed by atoms with Crippen LogP contribution in [0.3, 0.4) is 0 Å². The van der Waals surface area contributed by atoms with Gasteiger partial charge < -0.3 is 4.90 Å². The maximum absolute atomic E-state index is 4.67. The van der Waals surface area contributed by atoms with Gasteiger partial charge in [0.2, 0.25) is 0 Å². The van der Waals surface area contributed by atoms with Gasteiger partial charge in [-0.2, -0.15) is 0 Å². The average Bonchev–Trinajstić information content (AvgIpc) is 2.38. The molecule has 0 amide bonds. The van der Waals surface area contributed by atoms with E-state index in [9.17, 15) is 0 Å². The predicted molar refractivity (Wildman–Crippen MR) is 79.0 cm³/mol. The lowest BCUT2D eigenvalue weighted by atomic mass is 9.78. The summed E-state index contributed by atoms with van der Waals surface area (Å²) in [7, 11) is 0. The lowest BCUT2D eigenvalue weighted by Gasteiger charge is -2.45. The van der Waals surface area contributed by atoms with E-state index in [4.69, 9.17) is 0 Å². The third kappa shape index (κ3) is 2.29. The van der Waals surface area contributed by atoms with Crippen molar-refractivity contribution < 1.29 is 0 Å². The summed E-state index contributed by atoms with van der Waals surface area (Å²) in [4.78, 5) is 7.26. The Labute approximate surface area is 118 Å². The van der Waals surface area contributed by atoms with Crippen LogP contribution in [0.1, 0.15) is 44.1 Å². The van der Waals surface area contributed by atoms with Crippen molar-refractivity contribution >= 4 is 21.7 Å². The van der Waals surface area contributed by atoms with E-state index in [0.717, 1.165) is 16.4 Å². The standard InChI is InChI=1S/C15H21BrN2/c1-11-9-13(16)10-17-15(11)18-8-4-6-12-5-2-3-7-14(12)18/h9-10,12,14H,2-8H2,1H3. The lowest BCUT2D eigenvalue weighted by Crippen LogP contribution is -2.47. The lowest BCUT2D eigenvalue weighted by molar-refractivity contribution is 0.242. The fourth-order valence-corrected chi connectivity index (χ4v) is 4.17. The molecule has 2 aliphatic rings. The predicted octanol–water partition coefficient (Wildman–Crippen LogP) is 4.31. The molecule has 1 aromatic heterocycles. The second kappa shape index (κ2) is 5.20. The largest absolute Gasteiger partial charge is 0.353 e. The zero-order chi connectivity index (χ0) is 12.5. The highest BCUT2D eigenvalue weighted by Crippen LogP contribution is 2.38. The molecule has 2 unspecified atom stereocenters. The van der Waals surface area contributed by atoms with E-state index in [1.54, 1.807) is 0 Å². The molecule has 0 radical (unpaired) electrons. The van der Waals surface area contributed by atoms with Crippen molar-refractivity contribution in [2.75, 3.05) is 11.4 Å². The van der Waals surface area contributed by atoms with Crippen LogP contribution in [0.2, 0.25) is 0 Å². The van der Waals surface area contributed by atoms with Crippen LogP contribution >= 0.6 is 15.9 Å². The van der Waals surface area contributed by atoms with E-state index < -0.39 is 0 Å². The number of fused-ring (bicyclic) bond motifs is 1. The van der Waals surface area contributed by atoms with Gasteiger partial charge in [0.1, 0.15) is 5.82 Å². The summed E-state index contributed by atoms with van der Waals surface area (Å²) in [5, 5.41) is 0. The minimum atomic E-state index is 0.750. The van der Waals surface area contributed by atoms with Crippen LogP contribution in [0.5, 0.6) is 0 Å². The second-order valence-corrected chi connectivity index (χ2v) is 6.66. The normalized spacial score (nSPS) is 28.0. The number of hydrogen-bond acceptors (Lipinski definition) is 2. The van der Waals surface area contributed by atoms with Crippen molar-refractivity contribution in [2.24, 2.45) is 5.92 Å². The van der Waals surface area contributed by atoms with Crippen LogP contribution in [-0.4, -0.2) is 17.6 Å². The van der Waals surface area contributed by atoms with Crippen molar-refractivity contribution in [1.82, 2.24) is 4.98 Å². The molecule has 0 spiro atoms. The molecular weight excluding hydrogens is 288 g/mol. The van der Waals surface area contributed by atoms with Crippen LogP contribution in [0.4, 0.5) is 5.82 Å². The fraction of sp³-hybridized carbons (Fsp3) is 0.667. The highest BCUT2D eigenvalue weighted by molar-refractivity contribution is 9.10. The molecule has 18 heavy (non-hydrogen) atoms. The van der Waals surface area contributed by atoms with Crippen molar-refractivity contribution in [3.8, 4) is 0 Å². The molecule has 98 valence electrons. The van der Waals surface area contributed by atoms with Crippen molar-refractivity contribution in [3.05, 3.63) is 22.3 Å². The van der Waals surface area contributed by atoms with E-state index in [-0.39, 0.29) is 0 Å². The number of rotatable bonds is 1. The summed E-state index contributed by atoms with van der Waals surface area (Å²) in [6.45, 7) is 3.37. The Hall–Kier alpha value is -0.570. The first-order valence-corrected chi connectivity index (χ1v) is 7.94. The molecule has 1 aliphatic heterocycles. The van der Waals surface area contributed by atoms with Crippen LogP contribution in [-0.2, 0) is 0 Å². The zero-order valence-corrected chi connectivity index (χ0v) is 12.6. The quantitative estimate of drug-likeness (QED) is 0.768.